The summed E-state index contributed by atoms with van der Waals surface area (Å²) in [7, 11) is 4.06. The number of nitrogens with zero attached hydrogens (tertiary/aromatic N) is 5. The minimum atomic E-state index is -0.307. The Kier molecular flexibility index (Phi) is 7.47. The molecular formula is C32H33FN6O3. The quantitative estimate of drug-likeness (QED) is 0.292. The maximum Gasteiger partial charge on any atom is 0.259 e. The van der Waals surface area contributed by atoms with E-state index >= 15 is 0 Å². The molecule has 42 heavy (non-hydrogen) atoms. The molecule has 216 valence electrons. The Balaban J connectivity index is 1.38. The number of aromatic amines is 1. The number of likely N-dealkylation sites (tertiary alicyclic amines) is 1. The number of benzene rings is 3. The molecule has 10 heteroatoms. The lowest BCUT2D eigenvalue weighted by Gasteiger charge is -2.21. The van der Waals surface area contributed by atoms with Gasteiger partial charge in [-0.1, -0.05) is 19.1 Å². The lowest BCUT2D eigenvalue weighted by atomic mass is 10.1. The van der Waals surface area contributed by atoms with Gasteiger partial charge in [0.15, 0.2) is 0 Å². The molecule has 0 radical (unpaired) electrons. The summed E-state index contributed by atoms with van der Waals surface area (Å²) in [5.41, 5.74) is 3.62. The molecule has 0 aliphatic carbocycles. The van der Waals surface area contributed by atoms with E-state index < -0.39 is 0 Å². The van der Waals surface area contributed by atoms with Crippen molar-refractivity contribution in [3.63, 3.8) is 0 Å². The van der Waals surface area contributed by atoms with Crippen LogP contribution < -0.4 is 10.3 Å². The van der Waals surface area contributed by atoms with Crippen LogP contribution in [0.25, 0.3) is 33.3 Å². The molecule has 1 unspecified atom stereocenters. The normalized spacial score (nSPS) is 15.3. The van der Waals surface area contributed by atoms with E-state index in [-0.39, 0.29) is 17.3 Å². The van der Waals surface area contributed by atoms with Gasteiger partial charge in [-0.2, -0.15) is 0 Å². The van der Waals surface area contributed by atoms with Gasteiger partial charge in [0.2, 0.25) is 0 Å². The van der Waals surface area contributed by atoms with Crippen LogP contribution in [0.5, 0.6) is 5.75 Å². The zero-order chi connectivity index (χ0) is 29.4. The molecule has 3 aromatic carbocycles. The molecular weight excluding hydrogens is 535 g/mol. The van der Waals surface area contributed by atoms with Crippen molar-refractivity contribution in [1.29, 1.82) is 0 Å². The zero-order valence-electron chi connectivity index (χ0n) is 23.9. The van der Waals surface area contributed by atoms with Crippen LogP contribution in [0.2, 0.25) is 0 Å². The molecule has 0 spiro atoms. The summed E-state index contributed by atoms with van der Waals surface area (Å²) in [6, 6.07) is 15.5. The number of hydrogen-bond donors (Lipinski definition) is 1. The smallest absolute Gasteiger partial charge is 0.259 e. The molecule has 0 saturated carbocycles. The second-order valence-electron chi connectivity index (χ2n) is 11.0. The maximum atomic E-state index is 13.4. The lowest BCUT2D eigenvalue weighted by molar-refractivity contribution is 0.0783. The fourth-order valence-corrected chi connectivity index (χ4v) is 5.45. The summed E-state index contributed by atoms with van der Waals surface area (Å²) in [6.45, 7) is 4.35. The second-order valence-corrected chi connectivity index (χ2v) is 11.0. The van der Waals surface area contributed by atoms with Gasteiger partial charge in [0, 0.05) is 31.2 Å². The van der Waals surface area contributed by atoms with Crippen molar-refractivity contribution in [2.45, 2.75) is 32.4 Å². The standard InChI is InChI=1S/C32H33FN6O3/c1-4-13-42-29-10-7-21(32(41)38-12-11-23(18-38)37(2)3)14-25(29)30-35-26-16-27-28(15-24(26)31(40)36-30)39(19-34-27)17-20-5-8-22(33)9-6-20/h5-10,14-16,19,23H,4,11-13,17-18H2,1-3H3,(H,35,36,40). The van der Waals surface area contributed by atoms with Crippen LogP contribution >= 0.6 is 0 Å². The molecule has 5 aromatic rings. The van der Waals surface area contributed by atoms with Crippen LogP contribution in [0, 0.1) is 5.82 Å². The first-order valence-electron chi connectivity index (χ1n) is 14.2. The maximum absolute atomic E-state index is 13.4. The van der Waals surface area contributed by atoms with E-state index in [0.717, 1.165) is 23.9 Å². The molecule has 2 aromatic heterocycles. The Morgan fingerprint density at radius 2 is 1.93 bits per heavy atom. The van der Waals surface area contributed by atoms with E-state index in [2.05, 4.69) is 14.9 Å². The molecule has 3 heterocycles. The minimum Gasteiger partial charge on any atom is -0.493 e. The van der Waals surface area contributed by atoms with Gasteiger partial charge in [0.1, 0.15) is 17.4 Å². The first-order chi connectivity index (χ1) is 20.3. The number of aromatic nitrogens is 4. The lowest BCUT2D eigenvalue weighted by Crippen LogP contribution is -2.34. The van der Waals surface area contributed by atoms with Crippen molar-refractivity contribution in [3.8, 4) is 17.1 Å². The topological polar surface area (TPSA) is 96.3 Å². The first-order valence-corrected chi connectivity index (χ1v) is 14.2. The number of halogens is 1. The number of carbonyl (C=O) groups excluding carboxylic acids is 1. The van der Waals surface area contributed by atoms with Crippen LogP contribution in [0.15, 0.2) is 65.7 Å². The highest BCUT2D eigenvalue weighted by molar-refractivity contribution is 5.97. The molecule has 6 rings (SSSR count). The van der Waals surface area contributed by atoms with Gasteiger partial charge in [0.05, 0.1) is 40.4 Å². The summed E-state index contributed by atoms with van der Waals surface area (Å²) in [6.07, 6.45) is 3.43. The summed E-state index contributed by atoms with van der Waals surface area (Å²) < 4.78 is 21.3. The number of fused-ring (bicyclic) bond motifs is 2. The Labute approximate surface area is 242 Å². The van der Waals surface area contributed by atoms with E-state index in [1.807, 2.05) is 30.5 Å². The predicted molar refractivity (Wildman–Crippen MR) is 160 cm³/mol. The molecule has 1 fully saturated rings. The van der Waals surface area contributed by atoms with Crippen LogP contribution in [0.1, 0.15) is 35.7 Å². The molecule has 0 bridgehead atoms. The summed E-state index contributed by atoms with van der Waals surface area (Å²) >= 11 is 0. The fourth-order valence-electron chi connectivity index (χ4n) is 5.45. The predicted octanol–water partition coefficient (Wildman–Crippen LogP) is 4.69. The number of amides is 1. The van der Waals surface area contributed by atoms with Gasteiger partial charge >= 0.3 is 0 Å². The molecule has 1 aliphatic heterocycles. The van der Waals surface area contributed by atoms with Crippen molar-refractivity contribution in [2.24, 2.45) is 0 Å². The molecule has 1 aliphatic rings. The minimum absolute atomic E-state index is 0.0563. The van der Waals surface area contributed by atoms with E-state index in [1.165, 1.54) is 12.1 Å². The van der Waals surface area contributed by atoms with Gasteiger partial charge in [-0.3, -0.25) is 9.59 Å². The van der Waals surface area contributed by atoms with Crippen molar-refractivity contribution >= 4 is 27.8 Å². The summed E-state index contributed by atoms with van der Waals surface area (Å²) in [4.78, 5) is 43.1. The van der Waals surface area contributed by atoms with Crippen molar-refractivity contribution < 1.29 is 13.9 Å². The molecule has 1 saturated heterocycles. The van der Waals surface area contributed by atoms with Gasteiger partial charge in [-0.05, 0) is 75.0 Å². The monoisotopic (exact) mass is 568 g/mol. The Bertz CT molecular complexity index is 1830. The summed E-state index contributed by atoms with van der Waals surface area (Å²) in [5, 5.41) is 0.419. The highest BCUT2D eigenvalue weighted by atomic mass is 19.1. The van der Waals surface area contributed by atoms with E-state index in [1.54, 1.807) is 48.8 Å². The number of hydrogen-bond acceptors (Lipinski definition) is 6. The largest absolute Gasteiger partial charge is 0.493 e. The Morgan fingerprint density at radius 1 is 1.12 bits per heavy atom. The highest BCUT2D eigenvalue weighted by Crippen LogP contribution is 2.31. The van der Waals surface area contributed by atoms with Crippen molar-refractivity contribution in [2.75, 3.05) is 33.8 Å². The third-order valence-corrected chi connectivity index (χ3v) is 7.84. The number of carbonyl (C=O) groups is 1. The van der Waals surface area contributed by atoms with Gasteiger partial charge in [0.25, 0.3) is 11.5 Å². The van der Waals surface area contributed by atoms with E-state index in [0.29, 0.717) is 71.4 Å². The first kappa shape index (κ1) is 27.6. The molecule has 1 amide bonds. The van der Waals surface area contributed by atoms with Gasteiger partial charge in [-0.25, -0.2) is 14.4 Å². The number of imidazole rings is 1. The van der Waals surface area contributed by atoms with E-state index in [4.69, 9.17) is 9.72 Å². The van der Waals surface area contributed by atoms with Crippen LogP contribution in [0.3, 0.4) is 0 Å². The number of ether oxygens (including phenoxy) is 1. The second kappa shape index (κ2) is 11.4. The SMILES string of the molecule is CCCOc1ccc(C(=O)N2CCC(N(C)C)C2)cc1-c1nc2cc3ncn(Cc4ccc(F)cc4)c3cc2c(=O)[nH]1. The zero-order valence-corrected chi connectivity index (χ0v) is 23.9. The average molecular weight is 569 g/mol. The Hall–Kier alpha value is -4.57. The summed E-state index contributed by atoms with van der Waals surface area (Å²) in [5.74, 6) is 0.527. The van der Waals surface area contributed by atoms with Gasteiger partial charge < -0.3 is 24.1 Å². The average Bonchev–Trinajstić information content (AvgIpc) is 3.64. The third kappa shape index (κ3) is 5.37. The fraction of sp³-hybridized carbons (Fsp3) is 0.312. The van der Waals surface area contributed by atoms with Gasteiger partial charge in [-0.15, -0.1) is 0 Å². The van der Waals surface area contributed by atoms with Crippen LogP contribution in [-0.4, -0.2) is 75.1 Å². The third-order valence-electron chi connectivity index (χ3n) is 7.84. The van der Waals surface area contributed by atoms with Crippen molar-refractivity contribution in [1.82, 2.24) is 29.3 Å². The number of nitrogens with one attached hydrogen (secondary N) is 1. The molecule has 1 N–H and O–H groups in total. The highest BCUT2D eigenvalue weighted by Gasteiger charge is 2.28. The Morgan fingerprint density at radius 3 is 2.67 bits per heavy atom. The number of H-pyrrole nitrogens is 1. The molecule has 1 atom stereocenters. The van der Waals surface area contributed by atoms with Crippen LogP contribution in [0.4, 0.5) is 4.39 Å². The van der Waals surface area contributed by atoms with E-state index in [9.17, 15) is 14.0 Å². The van der Waals surface area contributed by atoms with Crippen molar-refractivity contribution in [3.05, 3.63) is 88.2 Å². The number of likely N-dealkylation sites (N-methyl/N-ethyl adjacent to an activating group) is 1. The number of rotatable bonds is 8. The van der Waals surface area contributed by atoms with Crippen LogP contribution in [-0.2, 0) is 6.54 Å². The molecule has 9 nitrogen and oxygen atoms in total.